The molecule has 6 nitrogen and oxygen atoms in total. The van der Waals surface area contributed by atoms with Gasteiger partial charge in [-0.2, -0.15) is 13.2 Å². The maximum atomic E-state index is 13.1. The number of H-pyrrole nitrogens is 1. The van der Waals surface area contributed by atoms with Gasteiger partial charge in [-0.3, -0.25) is 14.7 Å². The number of nitrogens with zero attached hydrogens (tertiary/aromatic N) is 2. The first-order valence-electron chi connectivity index (χ1n) is 7.23. The van der Waals surface area contributed by atoms with Crippen LogP contribution in [0.5, 0.6) is 0 Å². The lowest BCUT2D eigenvalue weighted by molar-refractivity contribution is -0.244. The number of hydrogen-bond donors (Lipinski definition) is 1. The van der Waals surface area contributed by atoms with E-state index in [-0.39, 0.29) is 11.3 Å². The smallest absolute Gasteiger partial charge is 0.426 e. The van der Waals surface area contributed by atoms with E-state index in [9.17, 15) is 22.8 Å². The number of ether oxygens (including phenoxy) is 1. The molecule has 2 heterocycles. The van der Waals surface area contributed by atoms with E-state index in [1.54, 1.807) is 6.07 Å². The van der Waals surface area contributed by atoms with Gasteiger partial charge in [0.1, 0.15) is 0 Å². The van der Waals surface area contributed by atoms with Crippen molar-refractivity contribution in [3.05, 3.63) is 33.9 Å². The zero-order valence-corrected chi connectivity index (χ0v) is 13.7. The highest BCUT2D eigenvalue weighted by Gasteiger charge is 2.50. The number of halogens is 3. The maximum Gasteiger partial charge on any atom is 0.426 e. The summed E-state index contributed by atoms with van der Waals surface area (Å²) in [5, 5.41) is 2.63. The van der Waals surface area contributed by atoms with Crippen LogP contribution >= 0.6 is 0 Å². The summed E-state index contributed by atoms with van der Waals surface area (Å²) in [5.74, 6) is -1.12. The fraction of sp³-hybridized carbons (Fsp3) is 0.533. The average Bonchev–Trinajstić information content (AvgIpc) is 2.86. The van der Waals surface area contributed by atoms with Crippen molar-refractivity contribution in [3.63, 3.8) is 0 Å². The number of rotatable bonds is 3. The Morgan fingerprint density at radius 1 is 1.38 bits per heavy atom. The molecule has 0 aliphatic rings. The molecule has 1 atom stereocenters. The van der Waals surface area contributed by atoms with Crippen molar-refractivity contribution in [2.45, 2.75) is 46.4 Å². The highest BCUT2D eigenvalue weighted by molar-refractivity contribution is 5.73. The van der Waals surface area contributed by atoms with Crippen molar-refractivity contribution >= 4 is 11.6 Å². The first kappa shape index (κ1) is 18.0. The number of nitrogens with one attached hydrogen (secondary N) is 1. The molecule has 0 radical (unpaired) electrons. The second-order valence-electron chi connectivity index (χ2n) is 6.59. The highest BCUT2D eigenvalue weighted by Crippen LogP contribution is 2.36. The van der Waals surface area contributed by atoms with Crippen LogP contribution < -0.4 is 5.56 Å². The van der Waals surface area contributed by atoms with E-state index in [1.165, 1.54) is 33.9 Å². The van der Waals surface area contributed by atoms with Crippen molar-refractivity contribution in [1.29, 1.82) is 0 Å². The molecule has 0 unspecified atom stereocenters. The highest BCUT2D eigenvalue weighted by atomic mass is 19.4. The summed E-state index contributed by atoms with van der Waals surface area (Å²) >= 11 is 0. The molecule has 0 spiro atoms. The first-order chi connectivity index (χ1) is 10.9. The molecule has 2 rings (SSSR count). The minimum absolute atomic E-state index is 0.00483. The number of carbonyl (C=O) groups is 1. The number of alkyl halides is 3. The predicted molar refractivity (Wildman–Crippen MR) is 79.6 cm³/mol. The summed E-state index contributed by atoms with van der Waals surface area (Å²) in [6.45, 7) is 5.49. The molecule has 2 aromatic rings. The molecule has 0 aliphatic heterocycles. The lowest BCUT2D eigenvalue weighted by Crippen LogP contribution is -2.44. The van der Waals surface area contributed by atoms with Crippen LogP contribution in [0.3, 0.4) is 0 Å². The molecule has 0 amide bonds. The van der Waals surface area contributed by atoms with Crippen LogP contribution in [0, 0.1) is 12.3 Å². The van der Waals surface area contributed by atoms with Crippen molar-refractivity contribution in [1.82, 2.24) is 14.6 Å². The SMILES string of the molecule is Cc1nc2cc[nH]n2c(=O)c1CC(=O)O[C@@H](C(C)(C)C)C(F)(F)F. The van der Waals surface area contributed by atoms with Gasteiger partial charge in [-0.1, -0.05) is 20.8 Å². The Morgan fingerprint density at radius 2 is 2.00 bits per heavy atom. The molecular weight excluding hydrogens is 327 g/mol. The number of hydrogen-bond acceptors (Lipinski definition) is 4. The number of esters is 1. The second kappa shape index (κ2) is 5.95. The van der Waals surface area contributed by atoms with Crippen LogP contribution in [0.1, 0.15) is 32.0 Å². The number of aryl methyl sites for hydroxylation is 1. The van der Waals surface area contributed by atoms with Gasteiger partial charge in [-0.25, -0.2) is 9.50 Å². The summed E-state index contributed by atoms with van der Waals surface area (Å²) < 4.78 is 45.0. The summed E-state index contributed by atoms with van der Waals surface area (Å²) in [4.78, 5) is 28.4. The first-order valence-corrected chi connectivity index (χ1v) is 7.23. The molecule has 0 aliphatic carbocycles. The van der Waals surface area contributed by atoms with Crippen LogP contribution in [0.2, 0.25) is 0 Å². The largest absolute Gasteiger partial charge is 0.452 e. The van der Waals surface area contributed by atoms with Crippen molar-refractivity contribution in [3.8, 4) is 0 Å². The maximum absolute atomic E-state index is 13.1. The molecule has 0 bridgehead atoms. The van der Waals surface area contributed by atoms with E-state index >= 15 is 0 Å². The molecule has 0 fully saturated rings. The third-order valence-electron chi connectivity index (χ3n) is 3.50. The van der Waals surface area contributed by atoms with Gasteiger partial charge in [0, 0.05) is 23.4 Å². The van der Waals surface area contributed by atoms with Crippen molar-refractivity contribution in [2.75, 3.05) is 0 Å². The number of carbonyl (C=O) groups excluding carboxylic acids is 1. The Kier molecular flexibility index (Phi) is 4.47. The third kappa shape index (κ3) is 3.60. The normalized spacial score (nSPS) is 14.0. The van der Waals surface area contributed by atoms with Gasteiger partial charge in [0.05, 0.1) is 12.0 Å². The predicted octanol–water partition coefficient (Wildman–Crippen LogP) is 2.39. The molecule has 2 aromatic heterocycles. The Bertz CT molecular complexity index is 801. The van der Waals surface area contributed by atoms with E-state index in [2.05, 4.69) is 14.8 Å². The molecule has 0 saturated heterocycles. The minimum atomic E-state index is -4.69. The quantitative estimate of drug-likeness (QED) is 0.867. The Balaban J connectivity index is 2.28. The Morgan fingerprint density at radius 3 is 2.54 bits per heavy atom. The summed E-state index contributed by atoms with van der Waals surface area (Å²) in [6, 6.07) is 1.57. The van der Waals surface area contributed by atoms with E-state index in [0.29, 0.717) is 5.65 Å². The van der Waals surface area contributed by atoms with Gasteiger partial charge in [-0.15, -0.1) is 0 Å². The van der Waals surface area contributed by atoms with Crippen molar-refractivity contribution in [2.24, 2.45) is 5.41 Å². The Labute approximate surface area is 135 Å². The molecule has 0 aromatic carbocycles. The number of fused-ring (bicyclic) bond motifs is 1. The van der Waals surface area contributed by atoms with E-state index in [1.807, 2.05) is 0 Å². The number of aromatic nitrogens is 3. The van der Waals surface area contributed by atoms with Gasteiger partial charge in [0.15, 0.2) is 5.65 Å². The van der Waals surface area contributed by atoms with E-state index in [4.69, 9.17) is 0 Å². The van der Waals surface area contributed by atoms with Gasteiger partial charge < -0.3 is 4.74 Å². The van der Waals surface area contributed by atoms with Gasteiger partial charge in [-0.05, 0) is 6.92 Å². The minimum Gasteiger partial charge on any atom is -0.452 e. The van der Waals surface area contributed by atoms with Gasteiger partial charge >= 0.3 is 12.1 Å². The molecule has 1 N–H and O–H groups in total. The molecule has 132 valence electrons. The standard InChI is InChI=1S/C15H18F3N3O3/c1-8-9(12(23)21-10(20-8)5-6-19-21)7-11(22)24-13(14(2,3)4)15(16,17)18/h5-6,13,19H,7H2,1-4H3/t13-/m0/s1. The van der Waals surface area contributed by atoms with Crippen LogP contribution in [-0.4, -0.2) is 32.8 Å². The summed E-state index contributed by atoms with van der Waals surface area (Å²) in [5.41, 5.74) is -1.23. The van der Waals surface area contributed by atoms with Crippen LogP contribution in [-0.2, 0) is 16.0 Å². The summed E-state index contributed by atoms with van der Waals surface area (Å²) in [6.07, 6.45) is -6.05. The monoisotopic (exact) mass is 345 g/mol. The molecule has 24 heavy (non-hydrogen) atoms. The fourth-order valence-electron chi connectivity index (χ4n) is 2.36. The summed E-state index contributed by atoms with van der Waals surface area (Å²) in [7, 11) is 0. The third-order valence-corrected chi connectivity index (χ3v) is 3.50. The van der Waals surface area contributed by atoms with Crippen molar-refractivity contribution < 1.29 is 22.7 Å². The van der Waals surface area contributed by atoms with Crippen LogP contribution in [0.25, 0.3) is 5.65 Å². The van der Waals surface area contributed by atoms with Crippen LogP contribution in [0.4, 0.5) is 13.2 Å². The second-order valence-corrected chi connectivity index (χ2v) is 6.59. The van der Waals surface area contributed by atoms with E-state index in [0.717, 1.165) is 4.52 Å². The van der Waals surface area contributed by atoms with E-state index < -0.39 is 35.6 Å². The zero-order valence-electron chi connectivity index (χ0n) is 13.7. The average molecular weight is 345 g/mol. The zero-order chi connectivity index (χ0) is 18.3. The lowest BCUT2D eigenvalue weighted by Gasteiger charge is -2.31. The Hall–Kier alpha value is -2.32. The molecule has 0 saturated carbocycles. The lowest BCUT2D eigenvalue weighted by atomic mass is 9.88. The molecular formula is C15H18F3N3O3. The molecule has 9 heteroatoms. The van der Waals surface area contributed by atoms with Gasteiger partial charge in [0.2, 0.25) is 6.10 Å². The number of aromatic amines is 1. The van der Waals surface area contributed by atoms with Crippen LogP contribution in [0.15, 0.2) is 17.1 Å². The topological polar surface area (TPSA) is 76.5 Å². The van der Waals surface area contributed by atoms with Gasteiger partial charge in [0.25, 0.3) is 5.56 Å². The fourth-order valence-corrected chi connectivity index (χ4v) is 2.36.